The van der Waals surface area contributed by atoms with Gasteiger partial charge in [-0.25, -0.2) is 9.97 Å². The molecule has 7 heteroatoms. The second-order valence-electron chi connectivity index (χ2n) is 6.42. The van der Waals surface area contributed by atoms with E-state index in [-0.39, 0.29) is 5.91 Å². The molecule has 3 aromatic rings. The molecule has 4 rings (SSSR count). The molecule has 0 atom stereocenters. The Hall–Kier alpha value is -3.61. The van der Waals surface area contributed by atoms with Gasteiger partial charge < -0.3 is 19.5 Å². The highest BCUT2D eigenvalue weighted by Crippen LogP contribution is 2.18. The number of amides is 1. The molecule has 1 aliphatic rings. The van der Waals surface area contributed by atoms with Crippen LogP contribution in [0.1, 0.15) is 5.76 Å². The summed E-state index contributed by atoms with van der Waals surface area (Å²) < 4.78 is 5.15. The van der Waals surface area contributed by atoms with Crippen LogP contribution >= 0.6 is 0 Å². The van der Waals surface area contributed by atoms with Crippen LogP contribution in [-0.2, 0) is 4.79 Å². The summed E-state index contributed by atoms with van der Waals surface area (Å²) in [6.07, 6.45) is 7.84. The lowest BCUT2D eigenvalue weighted by molar-refractivity contribution is -0.111. The Kier molecular flexibility index (Phi) is 5.33. The van der Waals surface area contributed by atoms with E-state index in [0.29, 0.717) is 17.4 Å². The molecule has 7 nitrogen and oxygen atoms in total. The third-order valence-electron chi connectivity index (χ3n) is 4.53. The Bertz CT molecular complexity index is 915. The van der Waals surface area contributed by atoms with Crippen LogP contribution in [0, 0.1) is 0 Å². The molecule has 1 aliphatic heterocycles. The molecule has 0 spiro atoms. The Morgan fingerprint density at radius 2 is 1.68 bits per heavy atom. The molecule has 1 amide bonds. The van der Waals surface area contributed by atoms with E-state index in [2.05, 4.69) is 49.4 Å². The summed E-state index contributed by atoms with van der Waals surface area (Å²) in [7, 11) is 0. The van der Waals surface area contributed by atoms with E-state index < -0.39 is 0 Å². The van der Waals surface area contributed by atoms with Crippen molar-refractivity contribution >= 4 is 29.3 Å². The van der Waals surface area contributed by atoms with Crippen LogP contribution in [0.3, 0.4) is 0 Å². The SMILES string of the molecule is O=C(C=Cc1ccco1)Nc1cnc(N2CCN(c3ccccc3)CC2)nc1. The monoisotopic (exact) mass is 375 g/mol. The number of anilines is 3. The van der Waals surface area contributed by atoms with Crippen LogP contribution < -0.4 is 15.1 Å². The van der Waals surface area contributed by atoms with Gasteiger partial charge in [0.1, 0.15) is 5.76 Å². The lowest BCUT2D eigenvalue weighted by Gasteiger charge is -2.36. The number of aromatic nitrogens is 2. The number of nitrogens with zero attached hydrogens (tertiary/aromatic N) is 4. The third kappa shape index (κ3) is 4.37. The molecular formula is C21H21N5O2. The number of furan rings is 1. The van der Waals surface area contributed by atoms with Crippen molar-refractivity contribution in [1.29, 1.82) is 0 Å². The van der Waals surface area contributed by atoms with Crippen molar-refractivity contribution in [2.45, 2.75) is 0 Å². The second-order valence-corrected chi connectivity index (χ2v) is 6.42. The number of para-hydroxylation sites is 1. The minimum absolute atomic E-state index is 0.260. The highest BCUT2D eigenvalue weighted by atomic mass is 16.3. The van der Waals surface area contributed by atoms with Crippen molar-refractivity contribution < 1.29 is 9.21 Å². The molecule has 1 aromatic carbocycles. The fraction of sp³-hybridized carbons (Fsp3) is 0.190. The minimum Gasteiger partial charge on any atom is -0.465 e. The summed E-state index contributed by atoms with van der Waals surface area (Å²) in [4.78, 5) is 25.3. The Morgan fingerprint density at radius 1 is 0.964 bits per heavy atom. The standard InChI is InChI=1S/C21H21N5O2/c27-20(9-8-19-7-4-14-28-19)24-17-15-22-21(23-16-17)26-12-10-25(11-13-26)18-5-2-1-3-6-18/h1-9,14-16H,10-13H2,(H,24,27). The van der Waals surface area contributed by atoms with E-state index in [4.69, 9.17) is 4.42 Å². The molecule has 28 heavy (non-hydrogen) atoms. The van der Waals surface area contributed by atoms with Crippen molar-refractivity contribution in [3.8, 4) is 0 Å². The molecular weight excluding hydrogens is 354 g/mol. The maximum Gasteiger partial charge on any atom is 0.248 e. The largest absolute Gasteiger partial charge is 0.465 e. The summed E-state index contributed by atoms with van der Waals surface area (Å²) in [5.41, 5.74) is 1.80. The fourth-order valence-electron chi connectivity index (χ4n) is 3.08. The average molecular weight is 375 g/mol. The number of piperazine rings is 1. The maximum absolute atomic E-state index is 12.0. The maximum atomic E-state index is 12.0. The first-order valence-electron chi connectivity index (χ1n) is 9.17. The minimum atomic E-state index is -0.260. The fourth-order valence-corrected chi connectivity index (χ4v) is 3.08. The van der Waals surface area contributed by atoms with Gasteiger partial charge in [0.25, 0.3) is 0 Å². The average Bonchev–Trinajstić information content (AvgIpc) is 3.27. The van der Waals surface area contributed by atoms with Crippen LogP contribution in [-0.4, -0.2) is 42.1 Å². The van der Waals surface area contributed by atoms with E-state index in [1.165, 1.54) is 11.8 Å². The number of rotatable bonds is 5. The molecule has 3 heterocycles. The van der Waals surface area contributed by atoms with Gasteiger partial charge in [0, 0.05) is 37.9 Å². The smallest absolute Gasteiger partial charge is 0.248 e. The third-order valence-corrected chi connectivity index (χ3v) is 4.53. The van der Waals surface area contributed by atoms with E-state index in [1.807, 2.05) is 6.07 Å². The van der Waals surface area contributed by atoms with Crippen molar-refractivity contribution in [2.24, 2.45) is 0 Å². The topological polar surface area (TPSA) is 74.5 Å². The van der Waals surface area contributed by atoms with Gasteiger partial charge in [-0.3, -0.25) is 4.79 Å². The van der Waals surface area contributed by atoms with Crippen molar-refractivity contribution in [3.05, 3.63) is 73.0 Å². The normalized spacial score (nSPS) is 14.4. The van der Waals surface area contributed by atoms with Crippen LogP contribution in [0.4, 0.5) is 17.3 Å². The number of hydrogen-bond acceptors (Lipinski definition) is 6. The van der Waals surface area contributed by atoms with Gasteiger partial charge in [0.15, 0.2) is 0 Å². The number of nitrogens with one attached hydrogen (secondary N) is 1. The zero-order chi connectivity index (χ0) is 19.2. The van der Waals surface area contributed by atoms with Crippen molar-refractivity contribution in [2.75, 3.05) is 41.3 Å². The molecule has 0 aliphatic carbocycles. The van der Waals surface area contributed by atoms with Crippen LogP contribution in [0.2, 0.25) is 0 Å². The number of carbonyl (C=O) groups is 1. The molecule has 0 radical (unpaired) electrons. The van der Waals surface area contributed by atoms with Gasteiger partial charge in [-0.05, 0) is 30.3 Å². The van der Waals surface area contributed by atoms with E-state index >= 15 is 0 Å². The molecule has 1 saturated heterocycles. The van der Waals surface area contributed by atoms with Gasteiger partial charge in [-0.1, -0.05) is 18.2 Å². The highest BCUT2D eigenvalue weighted by Gasteiger charge is 2.19. The molecule has 142 valence electrons. The van der Waals surface area contributed by atoms with Crippen molar-refractivity contribution in [3.63, 3.8) is 0 Å². The van der Waals surface area contributed by atoms with E-state index in [9.17, 15) is 4.79 Å². The van der Waals surface area contributed by atoms with Gasteiger partial charge in [0.05, 0.1) is 24.3 Å². The van der Waals surface area contributed by atoms with Crippen LogP contribution in [0.25, 0.3) is 6.08 Å². The zero-order valence-corrected chi connectivity index (χ0v) is 15.4. The predicted octanol–water partition coefficient (Wildman–Crippen LogP) is 3.05. The number of carbonyl (C=O) groups excluding carboxylic acids is 1. The van der Waals surface area contributed by atoms with E-state index in [0.717, 1.165) is 26.2 Å². The van der Waals surface area contributed by atoms with Gasteiger partial charge in [0.2, 0.25) is 11.9 Å². The molecule has 0 unspecified atom stereocenters. The Labute approximate surface area is 163 Å². The number of benzene rings is 1. The first-order valence-corrected chi connectivity index (χ1v) is 9.17. The Balaban J connectivity index is 1.30. The lowest BCUT2D eigenvalue weighted by atomic mass is 10.2. The first-order chi connectivity index (χ1) is 13.8. The summed E-state index contributed by atoms with van der Waals surface area (Å²) in [5.74, 6) is 1.04. The quantitative estimate of drug-likeness (QED) is 0.691. The predicted molar refractivity (Wildman–Crippen MR) is 109 cm³/mol. The Morgan fingerprint density at radius 3 is 2.36 bits per heavy atom. The van der Waals surface area contributed by atoms with Crippen molar-refractivity contribution in [1.82, 2.24) is 9.97 Å². The van der Waals surface area contributed by atoms with E-state index in [1.54, 1.807) is 36.9 Å². The molecule has 0 bridgehead atoms. The molecule has 1 fully saturated rings. The van der Waals surface area contributed by atoms with Gasteiger partial charge in [-0.15, -0.1) is 0 Å². The number of hydrogen-bond donors (Lipinski definition) is 1. The van der Waals surface area contributed by atoms with Gasteiger partial charge in [-0.2, -0.15) is 0 Å². The molecule has 0 saturated carbocycles. The summed E-state index contributed by atoms with van der Waals surface area (Å²) >= 11 is 0. The second kappa shape index (κ2) is 8.39. The van der Waals surface area contributed by atoms with Crippen LogP contribution in [0.15, 0.2) is 71.6 Å². The highest BCUT2D eigenvalue weighted by molar-refractivity contribution is 6.01. The first kappa shape index (κ1) is 17.8. The summed E-state index contributed by atoms with van der Waals surface area (Å²) in [6, 6.07) is 13.9. The lowest BCUT2D eigenvalue weighted by Crippen LogP contribution is -2.47. The zero-order valence-electron chi connectivity index (χ0n) is 15.4. The van der Waals surface area contributed by atoms with Gasteiger partial charge >= 0.3 is 0 Å². The molecule has 1 N–H and O–H groups in total. The molecule has 2 aromatic heterocycles. The summed E-state index contributed by atoms with van der Waals surface area (Å²) in [5, 5.41) is 2.74. The van der Waals surface area contributed by atoms with Crippen LogP contribution in [0.5, 0.6) is 0 Å². The summed E-state index contributed by atoms with van der Waals surface area (Å²) in [6.45, 7) is 3.55.